The van der Waals surface area contributed by atoms with Crippen LogP contribution in [0.15, 0.2) is 54.6 Å². The molecule has 0 spiro atoms. The lowest BCUT2D eigenvalue weighted by molar-refractivity contribution is -0.126. The van der Waals surface area contributed by atoms with Gasteiger partial charge in [0.15, 0.2) is 0 Å². The summed E-state index contributed by atoms with van der Waals surface area (Å²) in [6, 6.07) is 16.3. The van der Waals surface area contributed by atoms with Crippen LogP contribution in [0.25, 0.3) is 0 Å². The van der Waals surface area contributed by atoms with Gasteiger partial charge in [0.05, 0.1) is 5.92 Å². The summed E-state index contributed by atoms with van der Waals surface area (Å²) in [5.41, 5.74) is 7.72. The van der Waals surface area contributed by atoms with Crippen molar-refractivity contribution in [3.8, 4) is 0 Å². The minimum atomic E-state index is -0.245. The van der Waals surface area contributed by atoms with Crippen molar-refractivity contribution in [3.63, 3.8) is 0 Å². The Morgan fingerprint density at radius 2 is 1.85 bits per heavy atom. The molecule has 142 valence electrons. The summed E-state index contributed by atoms with van der Waals surface area (Å²) in [5, 5.41) is 3.53. The van der Waals surface area contributed by atoms with Gasteiger partial charge in [0.25, 0.3) is 5.91 Å². The molecule has 2 atom stereocenters. The highest BCUT2D eigenvalue weighted by Gasteiger charge is 2.29. The summed E-state index contributed by atoms with van der Waals surface area (Å²) in [6.45, 7) is 1.47. The first-order valence-electron chi connectivity index (χ1n) is 9.17. The number of hydrogen-bond donors (Lipinski definition) is 2. The van der Waals surface area contributed by atoms with Gasteiger partial charge in [-0.25, -0.2) is 0 Å². The lowest BCUT2D eigenvalue weighted by Crippen LogP contribution is -2.46. The van der Waals surface area contributed by atoms with E-state index in [0.29, 0.717) is 30.2 Å². The number of hydrogen-bond acceptors (Lipinski definition) is 3. The van der Waals surface area contributed by atoms with E-state index in [0.717, 1.165) is 18.4 Å². The van der Waals surface area contributed by atoms with E-state index in [-0.39, 0.29) is 23.8 Å². The second-order valence-electron chi connectivity index (χ2n) is 6.86. The minimum absolute atomic E-state index is 0.0463. The Kier molecular flexibility index (Phi) is 6.48. The Bertz CT molecular complexity index is 780. The second-order valence-corrected chi connectivity index (χ2v) is 7.30. The van der Waals surface area contributed by atoms with Crippen molar-refractivity contribution in [3.05, 3.63) is 70.7 Å². The second kappa shape index (κ2) is 9.02. The molecular weight excluding hydrogens is 362 g/mol. The topological polar surface area (TPSA) is 75.4 Å². The Labute approximate surface area is 164 Å². The molecule has 6 heteroatoms. The van der Waals surface area contributed by atoms with E-state index in [1.165, 1.54) is 0 Å². The van der Waals surface area contributed by atoms with Crippen LogP contribution in [0.5, 0.6) is 0 Å². The zero-order valence-corrected chi connectivity index (χ0v) is 15.9. The molecule has 3 N–H and O–H groups in total. The molecule has 0 bridgehead atoms. The highest BCUT2D eigenvalue weighted by molar-refractivity contribution is 6.30. The molecule has 2 aromatic carbocycles. The van der Waals surface area contributed by atoms with Gasteiger partial charge in [-0.1, -0.05) is 41.9 Å². The predicted octanol–water partition coefficient (Wildman–Crippen LogP) is 3.01. The number of nitrogens with two attached hydrogens (primary N) is 1. The van der Waals surface area contributed by atoms with E-state index in [9.17, 15) is 9.59 Å². The fourth-order valence-corrected chi connectivity index (χ4v) is 3.45. The summed E-state index contributed by atoms with van der Waals surface area (Å²) in [6.07, 6.45) is 1.58. The molecule has 2 unspecified atom stereocenters. The first kappa shape index (κ1) is 19.4. The normalized spacial score (nSPS) is 18.0. The third kappa shape index (κ3) is 5.08. The summed E-state index contributed by atoms with van der Waals surface area (Å²) in [7, 11) is 0. The van der Waals surface area contributed by atoms with Crippen LogP contribution in [0, 0.1) is 5.92 Å². The number of likely N-dealkylation sites (tertiary alicyclic amines) is 1. The number of nitrogens with one attached hydrogen (secondary N) is 1. The number of halogens is 1. The lowest BCUT2D eigenvalue weighted by atomic mass is 9.96. The van der Waals surface area contributed by atoms with Crippen molar-refractivity contribution in [1.82, 2.24) is 10.2 Å². The van der Waals surface area contributed by atoms with Crippen LogP contribution >= 0.6 is 11.6 Å². The molecule has 2 amide bonds. The van der Waals surface area contributed by atoms with Gasteiger partial charge in [-0.2, -0.15) is 0 Å². The van der Waals surface area contributed by atoms with Gasteiger partial charge in [0, 0.05) is 36.3 Å². The number of piperidine rings is 1. The lowest BCUT2D eigenvalue weighted by Gasteiger charge is -2.32. The number of carbonyl (C=O) groups is 2. The number of amides is 2. The maximum absolute atomic E-state index is 12.7. The molecule has 1 aliphatic heterocycles. The highest BCUT2D eigenvalue weighted by atomic mass is 35.5. The predicted molar refractivity (Wildman–Crippen MR) is 106 cm³/mol. The van der Waals surface area contributed by atoms with E-state index in [4.69, 9.17) is 17.3 Å². The summed E-state index contributed by atoms with van der Waals surface area (Å²) in [4.78, 5) is 27.0. The smallest absolute Gasteiger partial charge is 0.253 e. The molecule has 5 nitrogen and oxygen atoms in total. The van der Waals surface area contributed by atoms with Crippen molar-refractivity contribution < 1.29 is 9.59 Å². The molecule has 0 radical (unpaired) electrons. The van der Waals surface area contributed by atoms with Crippen molar-refractivity contribution in [2.24, 2.45) is 11.7 Å². The first-order valence-corrected chi connectivity index (χ1v) is 9.55. The average Bonchev–Trinajstić information content (AvgIpc) is 2.72. The fraction of sp³-hybridized carbons (Fsp3) is 0.333. The molecule has 1 saturated heterocycles. The molecular formula is C21H24ClN3O2. The maximum atomic E-state index is 12.7. The van der Waals surface area contributed by atoms with E-state index in [1.54, 1.807) is 29.2 Å². The van der Waals surface area contributed by atoms with Gasteiger partial charge < -0.3 is 16.0 Å². The summed E-state index contributed by atoms with van der Waals surface area (Å²) >= 11 is 5.88. The molecule has 1 aliphatic rings. The number of benzene rings is 2. The zero-order chi connectivity index (χ0) is 19.2. The van der Waals surface area contributed by atoms with E-state index < -0.39 is 0 Å². The van der Waals surface area contributed by atoms with Gasteiger partial charge in [0.1, 0.15) is 0 Å². The molecule has 0 aromatic heterocycles. The largest absolute Gasteiger partial charge is 0.354 e. The van der Waals surface area contributed by atoms with Crippen LogP contribution in [-0.4, -0.2) is 36.3 Å². The Morgan fingerprint density at radius 3 is 2.56 bits per heavy atom. The van der Waals surface area contributed by atoms with Crippen LogP contribution < -0.4 is 11.1 Å². The fourth-order valence-electron chi connectivity index (χ4n) is 3.32. The van der Waals surface area contributed by atoms with Crippen LogP contribution in [0.1, 0.15) is 34.8 Å². The maximum Gasteiger partial charge on any atom is 0.253 e. The van der Waals surface area contributed by atoms with Crippen LogP contribution in [0.3, 0.4) is 0 Å². The van der Waals surface area contributed by atoms with Crippen molar-refractivity contribution >= 4 is 23.4 Å². The van der Waals surface area contributed by atoms with Crippen LogP contribution in [0.2, 0.25) is 5.02 Å². The van der Waals surface area contributed by atoms with Gasteiger partial charge in [-0.05, 0) is 42.7 Å². The van der Waals surface area contributed by atoms with Crippen molar-refractivity contribution in [1.29, 1.82) is 0 Å². The SMILES string of the molecule is NC(CNC(=O)C1CCCN(C(=O)c2ccc(Cl)cc2)C1)c1ccccc1. The van der Waals surface area contributed by atoms with E-state index in [2.05, 4.69) is 5.32 Å². The molecule has 0 aliphatic carbocycles. The molecule has 27 heavy (non-hydrogen) atoms. The summed E-state index contributed by atoms with van der Waals surface area (Å²) in [5.74, 6) is -0.321. The monoisotopic (exact) mass is 385 g/mol. The standard InChI is InChI=1S/C21H24ClN3O2/c22-18-10-8-16(9-11-18)21(27)25-12-4-7-17(14-25)20(26)24-13-19(23)15-5-2-1-3-6-15/h1-3,5-6,8-11,17,19H,4,7,12-14,23H2,(H,24,26). The van der Waals surface area contributed by atoms with Crippen molar-refractivity contribution in [2.75, 3.05) is 19.6 Å². The molecule has 0 saturated carbocycles. The Hall–Kier alpha value is -2.37. The molecule has 2 aromatic rings. The van der Waals surface area contributed by atoms with E-state index >= 15 is 0 Å². The summed E-state index contributed by atoms with van der Waals surface area (Å²) < 4.78 is 0. The minimum Gasteiger partial charge on any atom is -0.354 e. The van der Waals surface area contributed by atoms with E-state index in [1.807, 2.05) is 30.3 Å². The van der Waals surface area contributed by atoms with Gasteiger partial charge >= 0.3 is 0 Å². The Balaban J connectivity index is 1.54. The van der Waals surface area contributed by atoms with Gasteiger partial charge in [0.2, 0.25) is 5.91 Å². The van der Waals surface area contributed by atoms with Gasteiger partial charge in [-0.15, -0.1) is 0 Å². The Morgan fingerprint density at radius 1 is 1.15 bits per heavy atom. The first-order chi connectivity index (χ1) is 13.0. The molecule has 1 fully saturated rings. The van der Waals surface area contributed by atoms with Gasteiger partial charge in [-0.3, -0.25) is 9.59 Å². The zero-order valence-electron chi connectivity index (χ0n) is 15.1. The average molecular weight is 386 g/mol. The van der Waals surface area contributed by atoms with Crippen LogP contribution in [-0.2, 0) is 4.79 Å². The van der Waals surface area contributed by atoms with Crippen molar-refractivity contribution in [2.45, 2.75) is 18.9 Å². The number of nitrogens with zero attached hydrogens (tertiary/aromatic N) is 1. The third-order valence-electron chi connectivity index (χ3n) is 4.89. The van der Waals surface area contributed by atoms with Crippen LogP contribution in [0.4, 0.5) is 0 Å². The third-order valence-corrected chi connectivity index (χ3v) is 5.15. The highest BCUT2D eigenvalue weighted by Crippen LogP contribution is 2.20. The molecule has 1 heterocycles. The quantitative estimate of drug-likeness (QED) is 0.830. The number of rotatable bonds is 5. The number of carbonyl (C=O) groups excluding carboxylic acids is 2. The molecule has 3 rings (SSSR count).